The molecule has 2 aliphatic heterocycles. The summed E-state index contributed by atoms with van der Waals surface area (Å²) in [6.45, 7) is 12.9. The summed E-state index contributed by atoms with van der Waals surface area (Å²) >= 11 is 0. The predicted molar refractivity (Wildman–Crippen MR) is 147 cm³/mol. The maximum atomic E-state index is 12.5. The van der Waals surface area contributed by atoms with Crippen molar-refractivity contribution in [2.45, 2.75) is 65.7 Å². The van der Waals surface area contributed by atoms with Crippen molar-refractivity contribution >= 4 is 34.2 Å². The van der Waals surface area contributed by atoms with E-state index in [9.17, 15) is 9.59 Å². The molecule has 196 valence electrons. The van der Waals surface area contributed by atoms with E-state index in [4.69, 9.17) is 4.98 Å². The van der Waals surface area contributed by atoms with Gasteiger partial charge in [-0.05, 0) is 87.2 Å². The number of nitrogens with one attached hydrogen (secondary N) is 2. The van der Waals surface area contributed by atoms with Crippen LogP contribution in [-0.2, 0) is 9.59 Å². The van der Waals surface area contributed by atoms with Gasteiger partial charge in [-0.1, -0.05) is 13.8 Å². The first-order valence-electron chi connectivity index (χ1n) is 13.8. The highest BCUT2D eigenvalue weighted by Crippen LogP contribution is 2.27. The normalized spacial score (nSPS) is 20.9. The molecule has 2 saturated heterocycles. The van der Waals surface area contributed by atoms with Gasteiger partial charge in [0.2, 0.25) is 11.8 Å². The molecule has 1 aromatic heterocycles. The van der Waals surface area contributed by atoms with E-state index in [0.717, 1.165) is 79.0 Å². The molecule has 3 heterocycles. The number of piperidine rings is 2. The van der Waals surface area contributed by atoms with Crippen LogP contribution in [0.3, 0.4) is 0 Å². The fourth-order valence-electron chi connectivity index (χ4n) is 5.78. The fraction of sp³-hybridized carbons (Fsp3) is 0.621. The highest BCUT2D eigenvalue weighted by Gasteiger charge is 2.21. The molecule has 7 nitrogen and oxygen atoms in total. The third kappa shape index (κ3) is 7.42. The van der Waals surface area contributed by atoms with Crippen molar-refractivity contribution in [3.63, 3.8) is 0 Å². The third-order valence-electron chi connectivity index (χ3n) is 7.46. The Balaban J connectivity index is 1.20. The van der Waals surface area contributed by atoms with E-state index in [1.807, 2.05) is 18.2 Å². The summed E-state index contributed by atoms with van der Waals surface area (Å²) in [6, 6.07) is 8.00. The molecule has 2 amide bonds. The van der Waals surface area contributed by atoms with E-state index in [-0.39, 0.29) is 24.7 Å². The minimum absolute atomic E-state index is 0.0608. The molecule has 0 bridgehead atoms. The van der Waals surface area contributed by atoms with Crippen molar-refractivity contribution < 1.29 is 9.59 Å². The zero-order valence-electron chi connectivity index (χ0n) is 22.3. The van der Waals surface area contributed by atoms with E-state index in [0.29, 0.717) is 6.54 Å². The van der Waals surface area contributed by atoms with E-state index in [2.05, 4.69) is 47.3 Å². The van der Waals surface area contributed by atoms with Crippen molar-refractivity contribution in [1.29, 1.82) is 0 Å². The maximum absolute atomic E-state index is 12.5. The number of rotatable bonds is 9. The summed E-state index contributed by atoms with van der Waals surface area (Å²) in [4.78, 5) is 34.4. The standard InChI is InChI=1S/C29H43N5O2/c1-21-16-22(2)20-33(19-21)13-7-12-30-28(35)10-11-29(36)31-24-8-9-26-25(18-24)23(3)17-27(32-26)34-14-5-4-6-15-34/h8-9,17-18,21-22H,4-7,10-16,19-20H2,1-3H3,(H,30,35)(H,31,36)/t21-,22-/m0/s1. The molecule has 7 heteroatoms. The molecule has 1 aromatic carbocycles. The average Bonchev–Trinajstić information content (AvgIpc) is 2.85. The van der Waals surface area contributed by atoms with Gasteiger partial charge < -0.3 is 20.4 Å². The Labute approximate surface area is 216 Å². The average molecular weight is 494 g/mol. The van der Waals surface area contributed by atoms with Crippen LogP contribution in [0, 0.1) is 18.8 Å². The molecular weight excluding hydrogens is 450 g/mol. The predicted octanol–water partition coefficient (Wildman–Crippen LogP) is 4.74. The number of anilines is 2. The van der Waals surface area contributed by atoms with E-state index in [1.165, 1.54) is 25.7 Å². The smallest absolute Gasteiger partial charge is 0.224 e. The van der Waals surface area contributed by atoms with Gasteiger partial charge in [0.1, 0.15) is 5.82 Å². The summed E-state index contributed by atoms with van der Waals surface area (Å²) in [6.07, 6.45) is 6.38. The zero-order valence-corrected chi connectivity index (χ0v) is 22.3. The Hall–Kier alpha value is -2.67. The molecule has 2 atom stereocenters. The molecule has 4 rings (SSSR count). The van der Waals surface area contributed by atoms with E-state index >= 15 is 0 Å². The molecular formula is C29H43N5O2. The van der Waals surface area contributed by atoms with Gasteiger partial charge in [-0.3, -0.25) is 9.59 Å². The Bertz CT molecular complexity index is 1040. The first kappa shape index (κ1) is 26.4. The van der Waals surface area contributed by atoms with Crippen LogP contribution >= 0.6 is 0 Å². The van der Waals surface area contributed by atoms with Crippen molar-refractivity contribution in [3.05, 3.63) is 29.8 Å². The highest BCUT2D eigenvalue weighted by atomic mass is 16.2. The van der Waals surface area contributed by atoms with Crippen LogP contribution in [-0.4, -0.2) is 61.0 Å². The largest absolute Gasteiger partial charge is 0.357 e. The number of aryl methyl sites for hydroxylation is 1. The number of benzene rings is 1. The number of amides is 2. The molecule has 0 saturated carbocycles. The summed E-state index contributed by atoms with van der Waals surface area (Å²) in [5.74, 6) is 2.34. The van der Waals surface area contributed by atoms with Crippen LogP contribution in [0.15, 0.2) is 24.3 Å². The molecule has 2 N–H and O–H groups in total. The molecule has 0 radical (unpaired) electrons. The Morgan fingerprint density at radius 1 is 1.00 bits per heavy atom. The van der Waals surface area contributed by atoms with Gasteiger partial charge in [-0.15, -0.1) is 0 Å². The molecule has 2 aromatic rings. The van der Waals surface area contributed by atoms with E-state index in [1.54, 1.807) is 0 Å². The highest BCUT2D eigenvalue weighted by molar-refractivity contribution is 5.96. The summed E-state index contributed by atoms with van der Waals surface area (Å²) in [5, 5.41) is 6.96. The number of hydrogen-bond donors (Lipinski definition) is 2. The first-order chi connectivity index (χ1) is 17.4. The topological polar surface area (TPSA) is 77.6 Å². The SMILES string of the molecule is Cc1cc(N2CCCCC2)nc2ccc(NC(=O)CCC(=O)NCCCN3C[C@@H](C)C[C@H](C)C3)cc12. The van der Waals surface area contributed by atoms with Crippen LogP contribution in [0.2, 0.25) is 0 Å². The number of pyridine rings is 1. The van der Waals surface area contributed by atoms with Gasteiger partial charge >= 0.3 is 0 Å². The molecule has 0 aliphatic carbocycles. The number of aromatic nitrogens is 1. The number of nitrogens with zero attached hydrogens (tertiary/aromatic N) is 3. The first-order valence-corrected chi connectivity index (χ1v) is 13.8. The van der Waals surface area contributed by atoms with E-state index < -0.39 is 0 Å². The van der Waals surface area contributed by atoms with Crippen molar-refractivity contribution in [2.75, 3.05) is 49.5 Å². The van der Waals surface area contributed by atoms with Crippen LogP contribution in [0.4, 0.5) is 11.5 Å². The summed E-state index contributed by atoms with van der Waals surface area (Å²) in [5.41, 5.74) is 2.85. The fourth-order valence-corrected chi connectivity index (χ4v) is 5.78. The Kier molecular flexibility index (Phi) is 9.19. The second kappa shape index (κ2) is 12.5. The van der Waals surface area contributed by atoms with Gasteiger partial charge in [-0.2, -0.15) is 0 Å². The quantitative estimate of drug-likeness (QED) is 0.494. The van der Waals surface area contributed by atoms with Crippen molar-refractivity contribution in [2.24, 2.45) is 11.8 Å². The summed E-state index contributed by atoms with van der Waals surface area (Å²) < 4.78 is 0. The number of fused-ring (bicyclic) bond motifs is 1. The Morgan fingerprint density at radius 3 is 2.47 bits per heavy atom. The van der Waals surface area contributed by atoms with Crippen LogP contribution in [0.25, 0.3) is 10.9 Å². The lowest BCUT2D eigenvalue weighted by atomic mass is 9.92. The Morgan fingerprint density at radius 2 is 1.72 bits per heavy atom. The van der Waals surface area contributed by atoms with Crippen molar-refractivity contribution in [3.8, 4) is 0 Å². The second-order valence-electron chi connectivity index (χ2n) is 11.0. The lowest BCUT2D eigenvalue weighted by molar-refractivity contribution is -0.124. The molecule has 2 aliphatic rings. The molecule has 36 heavy (non-hydrogen) atoms. The van der Waals surface area contributed by atoms with Gasteiger partial charge in [0.05, 0.1) is 5.52 Å². The third-order valence-corrected chi connectivity index (χ3v) is 7.46. The number of hydrogen-bond acceptors (Lipinski definition) is 5. The second-order valence-corrected chi connectivity index (χ2v) is 11.0. The maximum Gasteiger partial charge on any atom is 0.224 e. The lowest BCUT2D eigenvalue weighted by Gasteiger charge is -2.34. The lowest BCUT2D eigenvalue weighted by Crippen LogP contribution is -2.40. The van der Waals surface area contributed by atoms with Gasteiger partial charge in [0.25, 0.3) is 0 Å². The number of likely N-dealkylation sites (tertiary alicyclic amines) is 1. The van der Waals surface area contributed by atoms with Gasteiger partial charge in [-0.25, -0.2) is 4.98 Å². The molecule has 2 fully saturated rings. The summed E-state index contributed by atoms with van der Waals surface area (Å²) in [7, 11) is 0. The minimum atomic E-state index is -0.142. The number of carbonyl (C=O) groups excluding carboxylic acids is 2. The van der Waals surface area contributed by atoms with Crippen LogP contribution < -0.4 is 15.5 Å². The zero-order chi connectivity index (χ0) is 25.5. The molecule has 0 unspecified atom stereocenters. The minimum Gasteiger partial charge on any atom is -0.357 e. The monoisotopic (exact) mass is 493 g/mol. The van der Waals surface area contributed by atoms with Crippen LogP contribution in [0.1, 0.15) is 64.4 Å². The van der Waals surface area contributed by atoms with Gasteiger partial charge in [0, 0.05) is 56.6 Å². The molecule has 0 spiro atoms. The van der Waals surface area contributed by atoms with Crippen LogP contribution in [0.5, 0.6) is 0 Å². The van der Waals surface area contributed by atoms with Gasteiger partial charge in [0.15, 0.2) is 0 Å². The number of carbonyl (C=O) groups is 2. The van der Waals surface area contributed by atoms with Crippen molar-refractivity contribution in [1.82, 2.24) is 15.2 Å².